The molecule has 0 aliphatic heterocycles. The Morgan fingerprint density at radius 1 is 1.37 bits per heavy atom. The second kappa shape index (κ2) is 6.59. The fraction of sp³-hybridized carbons (Fsp3) is 0.214. The number of carbonyl (C=O) groups is 1. The van der Waals surface area contributed by atoms with Crippen molar-refractivity contribution in [2.45, 2.75) is 19.3 Å². The summed E-state index contributed by atoms with van der Waals surface area (Å²) in [6, 6.07) is 8.74. The Kier molecular flexibility index (Phi) is 4.82. The number of anilines is 1. The zero-order valence-corrected chi connectivity index (χ0v) is 11.8. The van der Waals surface area contributed by atoms with E-state index in [9.17, 15) is 9.90 Å². The van der Waals surface area contributed by atoms with Crippen molar-refractivity contribution >= 4 is 34.5 Å². The standard InChI is InChI=1S/C14H14ClNO2S/c15-12-7-6-10(9-13(12)17)16-14(18)5-1-3-11-4-2-8-19-11/h2,4,6-9,17H,1,3,5H2,(H,16,18). The highest BCUT2D eigenvalue weighted by atomic mass is 35.5. The molecule has 0 aliphatic carbocycles. The van der Waals surface area contributed by atoms with Gasteiger partial charge in [0.25, 0.3) is 0 Å². The van der Waals surface area contributed by atoms with E-state index >= 15 is 0 Å². The Hall–Kier alpha value is -1.52. The number of benzene rings is 1. The van der Waals surface area contributed by atoms with Crippen LogP contribution in [-0.4, -0.2) is 11.0 Å². The quantitative estimate of drug-likeness (QED) is 0.873. The minimum Gasteiger partial charge on any atom is -0.506 e. The number of aromatic hydroxyl groups is 1. The summed E-state index contributed by atoms with van der Waals surface area (Å²) in [6.45, 7) is 0. The van der Waals surface area contributed by atoms with Crippen LogP contribution in [0.1, 0.15) is 17.7 Å². The molecule has 0 spiro atoms. The predicted octanol–water partition coefficient (Wildman–Crippen LogP) is 4.07. The third kappa shape index (κ3) is 4.26. The van der Waals surface area contributed by atoms with Crippen molar-refractivity contribution in [3.05, 3.63) is 45.6 Å². The number of phenolic OH excluding ortho intramolecular Hbond substituents is 1. The summed E-state index contributed by atoms with van der Waals surface area (Å²) < 4.78 is 0. The normalized spacial score (nSPS) is 10.4. The zero-order valence-electron chi connectivity index (χ0n) is 10.2. The summed E-state index contributed by atoms with van der Waals surface area (Å²) in [4.78, 5) is 13.0. The lowest BCUT2D eigenvalue weighted by molar-refractivity contribution is -0.116. The first-order valence-electron chi connectivity index (χ1n) is 5.96. The van der Waals surface area contributed by atoms with Crippen LogP contribution in [0.5, 0.6) is 5.75 Å². The van der Waals surface area contributed by atoms with E-state index in [1.165, 1.54) is 10.9 Å². The Morgan fingerprint density at radius 2 is 2.21 bits per heavy atom. The first-order chi connectivity index (χ1) is 9.15. The molecule has 2 rings (SSSR count). The second-order valence-electron chi connectivity index (χ2n) is 4.15. The highest BCUT2D eigenvalue weighted by Crippen LogP contribution is 2.26. The molecule has 0 saturated carbocycles. The van der Waals surface area contributed by atoms with Gasteiger partial charge in [-0.25, -0.2) is 0 Å². The molecule has 0 atom stereocenters. The number of rotatable bonds is 5. The first-order valence-corrected chi connectivity index (χ1v) is 7.21. The summed E-state index contributed by atoms with van der Waals surface area (Å²) in [5.74, 6) is -0.0867. The third-order valence-electron chi connectivity index (χ3n) is 2.64. The molecule has 2 N–H and O–H groups in total. The molecule has 2 aromatic rings. The van der Waals surface area contributed by atoms with Gasteiger partial charge in [-0.15, -0.1) is 11.3 Å². The molecule has 19 heavy (non-hydrogen) atoms. The van der Waals surface area contributed by atoms with Gasteiger partial charge in [0.1, 0.15) is 5.75 Å². The maximum Gasteiger partial charge on any atom is 0.224 e. The number of nitrogens with one attached hydrogen (secondary N) is 1. The Labute approximate surface area is 120 Å². The predicted molar refractivity (Wildman–Crippen MR) is 79.0 cm³/mol. The monoisotopic (exact) mass is 295 g/mol. The van der Waals surface area contributed by atoms with Gasteiger partial charge in [-0.3, -0.25) is 4.79 Å². The lowest BCUT2D eigenvalue weighted by Crippen LogP contribution is -2.11. The van der Waals surface area contributed by atoms with Gasteiger partial charge >= 0.3 is 0 Å². The Morgan fingerprint density at radius 3 is 2.89 bits per heavy atom. The van der Waals surface area contributed by atoms with E-state index in [1.807, 2.05) is 11.4 Å². The Bertz CT molecular complexity index is 555. The summed E-state index contributed by atoms with van der Waals surface area (Å²) in [7, 11) is 0. The van der Waals surface area contributed by atoms with Crippen molar-refractivity contribution in [3.63, 3.8) is 0 Å². The van der Waals surface area contributed by atoms with E-state index in [0.717, 1.165) is 12.8 Å². The van der Waals surface area contributed by atoms with Gasteiger partial charge < -0.3 is 10.4 Å². The number of hydrogen-bond donors (Lipinski definition) is 2. The summed E-state index contributed by atoms with van der Waals surface area (Å²) in [6.07, 6.45) is 2.18. The van der Waals surface area contributed by atoms with Crippen LogP contribution in [0.15, 0.2) is 35.7 Å². The Balaban J connectivity index is 1.79. The van der Waals surface area contributed by atoms with Crippen LogP contribution in [0.2, 0.25) is 5.02 Å². The van der Waals surface area contributed by atoms with Gasteiger partial charge in [0.05, 0.1) is 5.02 Å². The van der Waals surface area contributed by atoms with E-state index in [-0.39, 0.29) is 16.7 Å². The smallest absolute Gasteiger partial charge is 0.224 e. The van der Waals surface area contributed by atoms with Crippen molar-refractivity contribution in [2.75, 3.05) is 5.32 Å². The molecular weight excluding hydrogens is 282 g/mol. The number of hydrogen-bond acceptors (Lipinski definition) is 3. The van der Waals surface area contributed by atoms with E-state index in [4.69, 9.17) is 11.6 Å². The highest BCUT2D eigenvalue weighted by molar-refractivity contribution is 7.09. The molecule has 1 amide bonds. The second-order valence-corrected chi connectivity index (χ2v) is 5.59. The lowest BCUT2D eigenvalue weighted by atomic mass is 10.2. The minimum atomic E-state index is -0.0571. The maximum atomic E-state index is 11.7. The van der Waals surface area contributed by atoms with Gasteiger partial charge in [-0.1, -0.05) is 17.7 Å². The van der Waals surface area contributed by atoms with Gasteiger partial charge in [-0.2, -0.15) is 0 Å². The van der Waals surface area contributed by atoms with Gasteiger partial charge in [0.2, 0.25) is 5.91 Å². The largest absolute Gasteiger partial charge is 0.506 e. The summed E-state index contributed by atoms with van der Waals surface area (Å²) in [5, 5.41) is 14.5. The molecule has 1 aromatic heterocycles. The number of carbonyl (C=O) groups excluding carboxylic acids is 1. The maximum absolute atomic E-state index is 11.7. The topological polar surface area (TPSA) is 49.3 Å². The summed E-state index contributed by atoms with van der Waals surface area (Å²) >= 11 is 7.40. The SMILES string of the molecule is O=C(CCCc1cccs1)Nc1ccc(Cl)c(O)c1. The molecule has 100 valence electrons. The lowest BCUT2D eigenvalue weighted by Gasteiger charge is -2.06. The molecule has 0 radical (unpaired) electrons. The summed E-state index contributed by atoms with van der Waals surface area (Å²) in [5.41, 5.74) is 0.558. The fourth-order valence-corrected chi connectivity index (χ4v) is 2.56. The molecule has 0 unspecified atom stereocenters. The molecule has 0 saturated heterocycles. The van der Waals surface area contributed by atoms with E-state index in [2.05, 4.69) is 11.4 Å². The van der Waals surface area contributed by atoms with Gasteiger partial charge in [-0.05, 0) is 36.4 Å². The molecule has 0 aliphatic rings. The molecular formula is C14H14ClNO2S. The average molecular weight is 296 g/mol. The van der Waals surface area contributed by atoms with Crippen molar-refractivity contribution in [1.29, 1.82) is 0 Å². The third-order valence-corrected chi connectivity index (χ3v) is 3.89. The number of aryl methyl sites for hydroxylation is 1. The highest BCUT2D eigenvalue weighted by Gasteiger charge is 2.05. The molecule has 0 fully saturated rings. The van der Waals surface area contributed by atoms with Crippen LogP contribution in [0.4, 0.5) is 5.69 Å². The van der Waals surface area contributed by atoms with Crippen molar-refractivity contribution in [1.82, 2.24) is 0 Å². The fourth-order valence-electron chi connectivity index (χ4n) is 1.69. The van der Waals surface area contributed by atoms with E-state index in [0.29, 0.717) is 12.1 Å². The van der Waals surface area contributed by atoms with E-state index < -0.39 is 0 Å². The number of amides is 1. The minimum absolute atomic E-state index is 0.0296. The zero-order chi connectivity index (χ0) is 13.7. The van der Waals surface area contributed by atoms with Crippen LogP contribution in [0.25, 0.3) is 0 Å². The van der Waals surface area contributed by atoms with Crippen molar-refractivity contribution in [3.8, 4) is 5.75 Å². The van der Waals surface area contributed by atoms with Crippen molar-refractivity contribution < 1.29 is 9.90 Å². The van der Waals surface area contributed by atoms with Crippen LogP contribution >= 0.6 is 22.9 Å². The molecule has 1 heterocycles. The molecule has 0 bridgehead atoms. The van der Waals surface area contributed by atoms with Crippen LogP contribution in [0, 0.1) is 0 Å². The first kappa shape index (κ1) is 13.9. The van der Waals surface area contributed by atoms with Gasteiger partial charge in [0, 0.05) is 23.1 Å². The van der Waals surface area contributed by atoms with Crippen LogP contribution < -0.4 is 5.32 Å². The molecule has 3 nitrogen and oxygen atoms in total. The number of thiophene rings is 1. The molecule has 5 heteroatoms. The van der Waals surface area contributed by atoms with Crippen molar-refractivity contribution in [2.24, 2.45) is 0 Å². The van der Waals surface area contributed by atoms with Gasteiger partial charge in [0.15, 0.2) is 0 Å². The number of phenols is 1. The van der Waals surface area contributed by atoms with Crippen LogP contribution in [0.3, 0.4) is 0 Å². The van der Waals surface area contributed by atoms with E-state index in [1.54, 1.807) is 23.5 Å². The van der Waals surface area contributed by atoms with Crippen LogP contribution in [-0.2, 0) is 11.2 Å². The number of halogens is 1. The average Bonchev–Trinajstić information content (AvgIpc) is 2.87. The molecule has 1 aromatic carbocycles.